The van der Waals surface area contributed by atoms with Gasteiger partial charge in [-0.25, -0.2) is 4.98 Å². The maximum absolute atomic E-state index is 12.6. The van der Waals surface area contributed by atoms with Crippen molar-refractivity contribution in [1.29, 1.82) is 0 Å². The van der Waals surface area contributed by atoms with Gasteiger partial charge in [0.2, 0.25) is 0 Å². The number of carbonyl (C=O) groups excluding carboxylic acids is 2. The molecule has 1 aliphatic carbocycles. The monoisotopic (exact) mass is 413 g/mol. The number of fused-ring (bicyclic) bond motifs is 1. The number of amides is 1. The Labute approximate surface area is 169 Å². The van der Waals surface area contributed by atoms with Crippen molar-refractivity contribution in [3.8, 4) is 10.6 Å². The number of aryl methyl sites for hydroxylation is 1. The molecule has 0 aliphatic heterocycles. The Kier molecular flexibility index (Phi) is 4.55. The molecule has 0 radical (unpaired) electrons. The highest BCUT2D eigenvalue weighted by molar-refractivity contribution is 7.17. The van der Waals surface area contributed by atoms with Crippen molar-refractivity contribution in [1.82, 2.24) is 9.97 Å². The van der Waals surface area contributed by atoms with Crippen LogP contribution in [0.2, 0.25) is 0 Å². The third-order valence-corrected chi connectivity index (χ3v) is 6.46. The topological polar surface area (TPSA) is 91.9 Å². The molecular weight excluding hydrogens is 394 g/mol. The second-order valence-electron chi connectivity index (χ2n) is 7.75. The molecule has 3 aromatic rings. The molecule has 8 heteroatoms. The lowest BCUT2D eigenvalue weighted by molar-refractivity contribution is 0.0910. The van der Waals surface area contributed by atoms with Crippen LogP contribution in [-0.2, 0) is 6.42 Å². The number of thiophene rings is 1. The summed E-state index contributed by atoms with van der Waals surface area (Å²) in [5.74, 6) is -0.619. The highest BCUT2D eigenvalue weighted by Crippen LogP contribution is 2.34. The van der Waals surface area contributed by atoms with Crippen LogP contribution in [0, 0.1) is 12.3 Å². The van der Waals surface area contributed by atoms with E-state index in [0.717, 1.165) is 10.6 Å². The molecule has 0 saturated heterocycles. The highest BCUT2D eigenvalue weighted by atomic mass is 32.1. The Bertz CT molecular complexity index is 1150. The number of nitrogens with zero attached hydrogens (tertiary/aromatic N) is 1. The summed E-state index contributed by atoms with van der Waals surface area (Å²) in [6.07, 6.45) is 0.991. The van der Waals surface area contributed by atoms with Crippen LogP contribution in [0.15, 0.2) is 28.4 Å². The lowest BCUT2D eigenvalue weighted by atomic mass is 9.75. The lowest BCUT2D eigenvalue weighted by Crippen LogP contribution is -2.32. The molecule has 144 valence electrons. The van der Waals surface area contributed by atoms with Crippen molar-refractivity contribution in [2.45, 2.75) is 33.6 Å². The zero-order chi connectivity index (χ0) is 20.1. The van der Waals surface area contributed by atoms with Gasteiger partial charge in [-0.3, -0.25) is 19.7 Å². The van der Waals surface area contributed by atoms with E-state index in [1.165, 1.54) is 22.3 Å². The SMILES string of the molecule is Cc1ccc(-c2csc(NC(=O)c3cc4c([nH]c3=O)CC(C)(C)CC4=O)n2)s1. The van der Waals surface area contributed by atoms with E-state index in [1.54, 1.807) is 11.3 Å². The van der Waals surface area contributed by atoms with Crippen molar-refractivity contribution in [2.75, 3.05) is 5.32 Å². The van der Waals surface area contributed by atoms with Crippen LogP contribution in [0.1, 0.15) is 51.6 Å². The molecule has 2 N–H and O–H groups in total. The molecule has 0 aromatic carbocycles. The molecule has 1 aliphatic rings. The Morgan fingerprint density at radius 2 is 2.04 bits per heavy atom. The Balaban J connectivity index is 1.59. The molecule has 0 fully saturated rings. The van der Waals surface area contributed by atoms with Gasteiger partial charge in [0.1, 0.15) is 5.56 Å². The lowest BCUT2D eigenvalue weighted by Gasteiger charge is -2.29. The molecule has 28 heavy (non-hydrogen) atoms. The van der Waals surface area contributed by atoms with Crippen LogP contribution >= 0.6 is 22.7 Å². The summed E-state index contributed by atoms with van der Waals surface area (Å²) < 4.78 is 0. The third kappa shape index (κ3) is 3.57. The normalized spacial score (nSPS) is 15.3. The van der Waals surface area contributed by atoms with Crippen molar-refractivity contribution in [3.63, 3.8) is 0 Å². The average Bonchev–Trinajstić information content (AvgIpc) is 3.22. The molecule has 0 atom stereocenters. The summed E-state index contributed by atoms with van der Waals surface area (Å²) in [6.45, 7) is 6.00. The van der Waals surface area contributed by atoms with Gasteiger partial charge in [-0.1, -0.05) is 13.8 Å². The van der Waals surface area contributed by atoms with Crippen LogP contribution in [0.25, 0.3) is 10.6 Å². The molecule has 0 unspecified atom stereocenters. The molecule has 3 heterocycles. The minimum absolute atomic E-state index is 0.0545. The summed E-state index contributed by atoms with van der Waals surface area (Å²) in [7, 11) is 0. The summed E-state index contributed by atoms with van der Waals surface area (Å²) >= 11 is 2.92. The number of hydrogen-bond donors (Lipinski definition) is 2. The number of aromatic amines is 1. The number of carbonyl (C=O) groups is 2. The first-order valence-electron chi connectivity index (χ1n) is 8.85. The smallest absolute Gasteiger partial charge is 0.263 e. The minimum atomic E-state index is -0.565. The number of Topliss-reactive ketones (excluding diaryl/α,β-unsaturated/α-hetero) is 1. The summed E-state index contributed by atoms with van der Waals surface area (Å²) in [4.78, 5) is 46.9. The Morgan fingerprint density at radius 3 is 2.75 bits per heavy atom. The maximum atomic E-state index is 12.6. The highest BCUT2D eigenvalue weighted by Gasteiger charge is 2.32. The standard InChI is InChI=1S/C20H19N3O3S2/c1-10-4-5-16(28-10)14-9-27-19(22-14)23-18(26)12-6-11-13(21-17(12)25)7-20(2,3)8-15(11)24/h4-6,9H,7-8H2,1-3H3,(H,21,25)(H,22,23,26). The van der Waals surface area contributed by atoms with Gasteiger partial charge in [0.25, 0.3) is 11.5 Å². The van der Waals surface area contributed by atoms with Crippen molar-refractivity contribution < 1.29 is 9.59 Å². The maximum Gasteiger partial charge on any atom is 0.263 e. The fourth-order valence-electron chi connectivity index (χ4n) is 3.38. The molecule has 3 aromatic heterocycles. The van der Waals surface area contributed by atoms with Crippen LogP contribution in [0.4, 0.5) is 5.13 Å². The van der Waals surface area contributed by atoms with Gasteiger partial charge in [-0.05, 0) is 37.0 Å². The largest absolute Gasteiger partial charge is 0.325 e. The molecule has 0 bridgehead atoms. The van der Waals surface area contributed by atoms with Crippen molar-refractivity contribution in [3.05, 3.63) is 55.6 Å². The molecule has 0 saturated carbocycles. The summed E-state index contributed by atoms with van der Waals surface area (Å²) in [5.41, 5.74) is 1.05. The summed E-state index contributed by atoms with van der Waals surface area (Å²) in [5, 5.41) is 4.95. The Hall–Kier alpha value is -2.58. The van der Waals surface area contributed by atoms with E-state index in [4.69, 9.17) is 0 Å². The second-order valence-corrected chi connectivity index (χ2v) is 9.89. The number of H-pyrrole nitrogens is 1. The molecular formula is C20H19N3O3S2. The number of rotatable bonds is 3. The molecule has 1 amide bonds. The van der Waals surface area contributed by atoms with E-state index in [2.05, 4.69) is 15.3 Å². The van der Waals surface area contributed by atoms with E-state index in [9.17, 15) is 14.4 Å². The van der Waals surface area contributed by atoms with Gasteiger partial charge in [0, 0.05) is 27.9 Å². The number of hydrogen-bond acceptors (Lipinski definition) is 6. The van der Waals surface area contributed by atoms with E-state index in [0.29, 0.717) is 29.2 Å². The fraction of sp³-hybridized carbons (Fsp3) is 0.300. The van der Waals surface area contributed by atoms with Gasteiger partial charge in [-0.15, -0.1) is 22.7 Å². The minimum Gasteiger partial charge on any atom is -0.325 e. The van der Waals surface area contributed by atoms with Crippen LogP contribution in [-0.4, -0.2) is 21.7 Å². The van der Waals surface area contributed by atoms with Gasteiger partial charge >= 0.3 is 0 Å². The number of ketones is 1. The van der Waals surface area contributed by atoms with Gasteiger partial charge in [0.15, 0.2) is 10.9 Å². The molecule has 0 spiro atoms. The third-order valence-electron chi connectivity index (χ3n) is 4.68. The number of pyridine rings is 1. The molecule has 6 nitrogen and oxygen atoms in total. The Morgan fingerprint density at radius 1 is 1.25 bits per heavy atom. The van der Waals surface area contributed by atoms with Crippen molar-refractivity contribution in [2.24, 2.45) is 5.41 Å². The van der Waals surface area contributed by atoms with E-state index < -0.39 is 11.5 Å². The second kappa shape index (κ2) is 6.79. The first-order valence-corrected chi connectivity index (χ1v) is 10.5. The first kappa shape index (κ1) is 18.8. The zero-order valence-electron chi connectivity index (χ0n) is 15.7. The number of thiazole rings is 1. The van der Waals surface area contributed by atoms with Crippen LogP contribution in [0.3, 0.4) is 0 Å². The van der Waals surface area contributed by atoms with E-state index in [1.807, 2.05) is 38.3 Å². The number of nitrogens with one attached hydrogen (secondary N) is 2. The zero-order valence-corrected chi connectivity index (χ0v) is 17.3. The van der Waals surface area contributed by atoms with Gasteiger partial charge in [-0.2, -0.15) is 0 Å². The number of anilines is 1. The quantitative estimate of drug-likeness (QED) is 0.670. The van der Waals surface area contributed by atoms with Crippen LogP contribution < -0.4 is 10.9 Å². The van der Waals surface area contributed by atoms with Gasteiger partial charge in [0.05, 0.1) is 10.6 Å². The number of aromatic nitrogens is 2. The van der Waals surface area contributed by atoms with Crippen LogP contribution in [0.5, 0.6) is 0 Å². The predicted octanol–water partition coefficient (Wildman–Crippen LogP) is 4.28. The fourth-order valence-corrected chi connectivity index (χ4v) is 4.99. The average molecular weight is 414 g/mol. The molecule has 4 rings (SSSR count). The van der Waals surface area contributed by atoms with E-state index in [-0.39, 0.29) is 16.8 Å². The van der Waals surface area contributed by atoms with Crippen molar-refractivity contribution >= 4 is 39.5 Å². The summed E-state index contributed by atoms with van der Waals surface area (Å²) in [6, 6.07) is 5.42. The predicted molar refractivity (Wildman–Crippen MR) is 112 cm³/mol. The first-order chi connectivity index (χ1) is 13.2. The van der Waals surface area contributed by atoms with E-state index >= 15 is 0 Å². The van der Waals surface area contributed by atoms with Gasteiger partial charge < -0.3 is 4.98 Å².